The van der Waals surface area contributed by atoms with Gasteiger partial charge in [-0.2, -0.15) is 0 Å². The number of aromatic nitrogens is 1. The lowest BCUT2D eigenvalue weighted by molar-refractivity contribution is 0.660. The summed E-state index contributed by atoms with van der Waals surface area (Å²) in [5.41, 5.74) is 11.4. The van der Waals surface area contributed by atoms with E-state index in [2.05, 4.69) is 158 Å². The molecule has 1 aliphatic rings. The van der Waals surface area contributed by atoms with Crippen molar-refractivity contribution in [3.05, 3.63) is 169 Å². The molecule has 0 fully saturated rings. The Morgan fingerprint density at radius 1 is 0.531 bits per heavy atom. The summed E-state index contributed by atoms with van der Waals surface area (Å²) in [6.07, 6.45) is 1.98. The van der Waals surface area contributed by atoms with Gasteiger partial charge in [0, 0.05) is 44.7 Å². The second kappa shape index (κ2) is 10.4. The molecule has 0 amide bonds. The molecule has 0 saturated heterocycles. The maximum atomic E-state index is 6.51. The quantitative estimate of drug-likeness (QED) is 0.182. The Labute approximate surface area is 284 Å². The summed E-state index contributed by atoms with van der Waals surface area (Å²) in [5.74, 6) is 0.868. The second-order valence-corrected chi connectivity index (χ2v) is 13.6. The number of nitrogens with zero attached hydrogens (tertiary/aromatic N) is 2. The fourth-order valence-corrected chi connectivity index (χ4v) is 8.02. The first-order valence-corrected chi connectivity index (χ1v) is 16.9. The number of rotatable bonds is 4. The van der Waals surface area contributed by atoms with Crippen molar-refractivity contribution in [2.75, 3.05) is 4.90 Å². The molecule has 0 atom stereocenters. The average Bonchev–Trinajstić information content (AvgIpc) is 3.64. The standard InChI is InChI=1S/C46H32N2O/c1-46(2)40-14-8-6-12-36(40)37-24-21-34(27-41(37)46)48(43-25-19-32(28-47-43)29-10-4-3-5-11-29)33-20-23-35-31(26-33)17-16-30-18-22-39-38-13-7-9-15-42(38)49-45(39)44(30)35/h3-28H,1-2H3. The first-order valence-electron chi connectivity index (χ1n) is 16.9. The average molecular weight is 629 g/mol. The normalized spacial score (nSPS) is 13.3. The molecule has 0 bridgehead atoms. The van der Waals surface area contributed by atoms with E-state index in [1.54, 1.807) is 0 Å². The van der Waals surface area contributed by atoms with Crippen LogP contribution in [0.15, 0.2) is 162 Å². The van der Waals surface area contributed by atoms with Crippen molar-refractivity contribution in [2.24, 2.45) is 0 Å². The van der Waals surface area contributed by atoms with Crippen LogP contribution in [0.2, 0.25) is 0 Å². The van der Waals surface area contributed by atoms with Crippen molar-refractivity contribution in [1.82, 2.24) is 4.98 Å². The van der Waals surface area contributed by atoms with Crippen molar-refractivity contribution in [3.63, 3.8) is 0 Å². The predicted octanol–water partition coefficient (Wildman–Crippen LogP) is 12.7. The van der Waals surface area contributed by atoms with E-state index in [-0.39, 0.29) is 5.41 Å². The summed E-state index contributed by atoms with van der Waals surface area (Å²) in [5, 5.41) is 6.92. The molecule has 0 spiro atoms. The van der Waals surface area contributed by atoms with Gasteiger partial charge in [-0.1, -0.05) is 117 Å². The number of fused-ring (bicyclic) bond motifs is 10. The van der Waals surface area contributed by atoms with E-state index in [1.807, 2.05) is 18.3 Å². The van der Waals surface area contributed by atoms with Crippen LogP contribution in [0.5, 0.6) is 0 Å². The molecular formula is C46H32N2O. The van der Waals surface area contributed by atoms with Crippen LogP contribution in [0.4, 0.5) is 17.2 Å². The number of furan rings is 1. The Hall–Kier alpha value is -6.19. The van der Waals surface area contributed by atoms with E-state index in [1.165, 1.54) is 33.0 Å². The molecule has 7 aromatic carbocycles. The summed E-state index contributed by atoms with van der Waals surface area (Å²) < 4.78 is 6.51. The lowest BCUT2D eigenvalue weighted by Gasteiger charge is -2.27. The predicted molar refractivity (Wildman–Crippen MR) is 204 cm³/mol. The maximum absolute atomic E-state index is 6.51. The molecule has 3 nitrogen and oxygen atoms in total. The first kappa shape index (κ1) is 27.9. The fraction of sp³-hybridized carbons (Fsp3) is 0.0652. The van der Waals surface area contributed by atoms with Gasteiger partial charge in [-0.05, 0) is 92.5 Å². The van der Waals surface area contributed by atoms with Crippen LogP contribution in [0.3, 0.4) is 0 Å². The Kier molecular flexibility index (Phi) is 5.92. The highest BCUT2D eigenvalue weighted by Crippen LogP contribution is 2.50. The van der Waals surface area contributed by atoms with Crippen molar-refractivity contribution in [2.45, 2.75) is 19.3 Å². The zero-order chi connectivity index (χ0) is 32.7. The number of benzene rings is 7. The van der Waals surface area contributed by atoms with E-state index < -0.39 is 0 Å². The monoisotopic (exact) mass is 628 g/mol. The molecule has 232 valence electrons. The Morgan fingerprint density at radius 3 is 2.12 bits per heavy atom. The molecule has 2 heterocycles. The van der Waals surface area contributed by atoms with E-state index in [9.17, 15) is 0 Å². The minimum atomic E-state index is -0.113. The molecule has 0 saturated carbocycles. The van der Waals surface area contributed by atoms with E-state index >= 15 is 0 Å². The molecule has 0 aliphatic heterocycles. The van der Waals surface area contributed by atoms with Gasteiger partial charge < -0.3 is 4.42 Å². The summed E-state index contributed by atoms with van der Waals surface area (Å²) >= 11 is 0. The smallest absolute Gasteiger partial charge is 0.143 e. The molecular weight excluding hydrogens is 597 g/mol. The van der Waals surface area contributed by atoms with Gasteiger partial charge in [-0.3, -0.25) is 4.90 Å². The lowest BCUT2D eigenvalue weighted by Crippen LogP contribution is -2.17. The zero-order valence-corrected chi connectivity index (χ0v) is 27.3. The zero-order valence-electron chi connectivity index (χ0n) is 27.3. The molecule has 10 rings (SSSR count). The van der Waals surface area contributed by atoms with E-state index in [0.717, 1.165) is 61.0 Å². The summed E-state index contributed by atoms with van der Waals surface area (Å²) in [6, 6.07) is 54.3. The van der Waals surface area contributed by atoms with Crippen LogP contribution in [0, 0.1) is 0 Å². The van der Waals surface area contributed by atoms with Gasteiger partial charge in [0.05, 0.1) is 0 Å². The number of pyridine rings is 1. The van der Waals surface area contributed by atoms with Gasteiger partial charge in [0.15, 0.2) is 0 Å². The third-order valence-corrected chi connectivity index (χ3v) is 10.5. The van der Waals surface area contributed by atoms with E-state index in [0.29, 0.717) is 0 Å². The SMILES string of the molecule is CC1(C)c2ccccc2-c2ccc(N(c3ccc4c(ccc5ccc6c7ccccc7oc6c54)c3)c3ccc(-c4ccccc4)cn3)cc21. The fourth-order valence-electron chi connectivity index (χ4n) is 8.02. The summed E-state index contributed by atoms with van der Waals surface area (Å²) in [7, 11) is 0. The number of para-hydroxylation sites is 1. The van der Waals surface area contributed by atoms with Crippen LogP contribution >= 0.6 is 0 Å². The third kappa shape index (κ3) is 4.19. The second-order valence-electron chi connectivity index (χ2n) is 13.6. The van der Waals surface area contributed by atoms with Gasteiger partial charge in [0.25, 0.3) is 0 Å². The number of hydrogen-bond donors (Lipinski definition) is 0. The van der Waals surface area contributed by atoms with Gasteiger partial charge in [-0.15, -0.1) is 0 Å². The molecule has 9 aromatic rings. The summed E-state index contributed by atoms with van der Waals surface area (Å²) in [4.78, 5) is 7.37. The Morgan fingerprint density at radius 2 is 1.24 bits per heavy atom. The minimum absolute atomic E-state index is 0.113. The van der Waals surface area contributed by atoms with Crippen LogP contribution in [-0.4, -0.2) is 4.98 Å². The highest BCUT2D eigenvalue weighted by molar-refractivity contribution is 6.23. The highest BCUT2D eigenvalue weighted by atomic mass is 16.3. The molecule has 0 radical (unpaired) electrons. The van der Waals surface area contributed by atoms with Crippen LogP contribution in [-0.2, 0) is 5.41 Å². The third-order valence-electron chi connectivity index (χ3n) is 10.5. The van der Waals surface area contributed by atoms with Gasteiger partial charge >= 0.3 is 0 Å². The van der Waals surface area contributed by atoms with Crippen LogP contribution < -0.4 is 4.90 Å². The van der Waals surface area contributed by atoms with Crippen LogP contribution in [0.1, 0.15) is 25.0 Å². The molecule has 3 heteroatoms. The van der Waals surface area contributed by atoms with E-state index in [4.69, 9.17) is 9.40 Å². The maximum Gasteiger partial charge on any atom is 0.143 e. The van der Waals surface area contributed by atoms with Crippen molar-refractivity contribution in [1.29, 1.82) is 0 Å². The molecule has 1 aliphatic carbocycles. The van der Waals surface area contributed by atoms with Gasteiger partial charge in [0.2, 0.25) is 0 Å². The lowest BCUT2D eigenvalue weighted by atomic mass is 9.82. The number of hydrogen-bond acceptors (Lipinski definition) is 3. The summed E-state index contributed by atoms with van der Waals surface area (Å²) in [6.45, 7) is 4.66. The highest BCUT2D eigenvalue weighted by Gasteiger charge is 2.35. The van der Waals surface area contributed by atoms with Crippen molar-refractivity contribution in [3.8, 4) is 22.3 Å². The topological polar surface area (TPSA) is 29.3 Å². The number of anilines is 3. The molecule has 2 aromatic heterocycles. The first-order chi connectivity index (χ1) is 24.0. The Bertz CT molecular complexity index is 2740. The van der Waals surface area contributed by atoms with Crippen molar-refractivity contribution < 1.29 is 4.42 Å². The molecule has 0 unspecified atom stereocenters. The van der Waals surface area contributed by atoms with Gasteiger partial charge in [0.1, 0.15) is 17.0 Å². The van der Waals surface area contributed by atoms with Gasteiger partial charge in [-0.25, -0.2) is 4.98 Å². The van der Waals surface area contributed by atoms with Crippen LogP contribution in [0.25, 0.3) is 65.7 Å². The largest absolute Gasteiger partial charge is 0.455 e. The molecule has 49 heavy (non-hydrogen) atoms. The Balaban J connectivity index is 1.17. The minimum Gasteiger partial charge on any atom is -0.455 e. The van der Waals surface area contributed by atoms with Crippen molar-refractivity contribution >= 4 is 60.7 Å². The molecule has 0 N–H and O–H groups in total.